The van der Waals surface area contributed by atoms with Gasteiger partial charge in [0.15, 0.2) is 0 Å². The van der Waals surface area contributed by atoms with Crippen LogP contribution in [0.3, 0.4) is 0 Å². The van der Waals surface area contributed by atoms with E-state index in [9.17, 15) is 4.79 Å². The van der Waals surface area contributed by atoms with Crippen LogP contribution in [-0.4, -0.2) is 37.6 Å². The van der Waals surface area contributed by atoms with E-state index in [-0.39, 0.29) is 5.91 Å². The highest BCUT2D eigenvalue weighted by atomic mass is 16.5. The van der Waals surface area contributed by atoms with Gasteiger partial charge in [0, 0.05) is 24.5 Å². The van der Waals surface area contributed by atoms with Crippen molar-refractivity contribution >= 4 is 5.91 Å². The van der Waals surface area contributed by atoms with Crippen LogP contribution in [-0.2, 0) is 10.2 Å². The summed E-state index contributed by atoms with van der Waals surface area (Å²) in [5, 5.41) is 3.57. The smallest absolute Gasteiger partial charge is 0.233 e. The highest BCUT2D eigenvalue weighted by Gasteiger charge is 2.42. The van der Waals surface area contributed by atoms with Gasteiger partial charge in [-0.1, -0.05) is 30.6 Å². The van der Waals surface area contributed by atoms with Crippen molar-refractivity contribution in [1.82, 2.24) is 4.90 Å². The van der Waals surface area contributed by atoms with E-state index < -0.39 is 5.41 Å². The molecule has 124 valence electrons. The highest BCUT2D eigenvalue weighted by Crippen LogP contribution is 2.38. The van der Waals surface area contributed by atoms with Gasteiger partial charge in [-0.25, -0.2) is 0 Å². The summed E-state index contributed by atoms with van der Waals surface area (Å²) >= 11 is 0. The lowest BCUT2D eigenvalue weighted by Gasteiger charge is -2.35. The number of rotatable bonds is 6. The Morgan fingerprint density at radius 2 is 2.26 bits per heavy atom. The molecule has 6 heteroatoms. The van der Waals surface area contributed by atoms with Gasteiger partial charge in [0.05, 0.1) is 12.5 Å². The second-order valence-corrected chi connectivity index (χ2v) is 5.87. The standard InChI is InChI=1S/C17H24N4O2/c1-3-17(14-7-6-8-15(13-14)23-2)9-4-5-11-21(16(17)22)12-10-19-20-18/h6-8,13H,3-5,9-12H2,1-2H3. The quantitative estimate of drug-likeness (QED) is 0.456. The minimum absolute atomic E-state index is 0.138. The molecule has 0 bridgehead atoms. The Bertz CT molecular complexity index is 598. The van der Waals surface area contributed by atoms with Crippen LogP contribution in [0.4, 0.5) is 0 Å². The molecule has 1 aromatic rings. The molecule has 1 unspecified atom stereocenters. The zero-order valence-corrected chi connectivity index (χ0v) is 13.9. The van der Waals surface area contributed by atoms with Crippen LogP contribution in [0, 0.1) is 0 Å². The molecule has 2 rings (SSSR count). The number of methoxy groups -OCH3 is 1. The van der Waals surface area contributed by atoms with Crippen LogP contribution in [0.2, 0.25) is 0 Å². The molecular formula is C17H24N4O2. The van der Waals surface area contributed by atoms with Gasteiger partial charge in [0.2, 0.25) is 5.91 Å². The summed E-state index contributed by atoms with van der Waals surface area (Å²) in [5.41, 5.74) is 8.94. The Balaban J connectivity index is 2.36. The van der Waals surface area contributed by atoms with E-state index in [1.54, 1.807) is 7.11 Å². The SMILES string of the molecule is CCC1(c2cccc(OC)c2)CCCCN(CCN=[N+]=[N-])C1=O. The van der Waals surface area contributed by atoms with Crippen molar-refractivity contribution in [2.24, 2.45) is 5.11 Å². The molecule has 0 saturated carbocycles. The summed E-state index contributed by atoms with van der Waals surface area (Å²) in [6, 6.07) is 7.82. The number of hydrogen-bond acceptors (Lipinski definition) is 3. The average molecular weight is 316 g/mol. The molecule has 1 saturated heterocycles. The predicted molar refractivity (Wildman–Crippen MR) is 89.4 cm³/mol. The molecule has 6 nitrogen and oxygen atoms in total. The van der Waals surface area contributed by atoms with Crippen LogP contribution in [0.1, 0.15) is 38.2 Å². The summed E-state index contributed by atoms with van der Waals surface area (Å²) in [4.78, 5) is 17.9. The van der Waals surface area contributed by atoms with Crippen LogP contribution >= 0.6 is 0 Å². The van der Waals surface area contributed by atoms with Crippen LogP contribution in [0.5, 0.6) is 5.75 Å². The number of benzene rings is 1. The van der Waals surface area contributed by atoms with Crippen molar-refractivity contribution in [3.8, 4) is 5.75 Å². The number of ether oxygens (including phenoxy) is 1. The molecular weight excluding hydrogens is 292 g/mol. The fourth-order valence-corrected chi connectivity index (χ4v) is 3.38. The van der Waals surface area contributed by atoms with Crippen molar-refractivity contribution in [2.75, 3.05) is 26.7 Å². The Kier molecular flexibility index (Phi) is 5.88. The summed E-state index contributed by atoms with van der Waals surface area (Å²) in [6.45, 7) is 3.59. The third-order valence-electron chi connectivity index (χ3n) is 4.74. The second kappa shape index (κ2) is 7.88. The van der Waals surface area contributed by atoms with Gasteiger partial charge in [0.1, 0.15) is 5.75 Å². The summed E-state index contributed by atoms with van der Waals surface area (Å²) < 4.78 is 5.33. The first-order valence-corrected chi connectivity index (χ1v) is 8.12. The monoisotopic (exact) mass is 316 g/mol. The van der Waals surface area contributed by atoms with Crippen LogP contribution < -0.4 is 4.74 Å². The van der Waals surface area contributed by atoms with Crippen molar-refractivity contribution in [3.63, 3.8) is 0 Å². The number of carbonyl (C=O) groups excluding carboxylic acids is 1. The lowest BCUT2D eigenvalue weighted by molar-refractivity contribution is -0.137. The zero-order valence-electron chi connectivity index (χ0n) is 13.9. The highest BCUT2D eigenvalue weighted by molar-refractivity contribution is 5.88. The topological polar surface area (TPSA) is 78.3 Å². The maximum atomic E-state index is 13.2. The predicted octanol–water partition coefficient (Wildman–Crippen LogP) is 3.67. The fraction of sp³-hybridized carbons (Fsp3) is 0.588. The molecule has 0 N–H and O–H groups in total. The third kappa shape index (κ3) is 3.59. The van der Waals surface area contributed by atoms with E-state index in [2.05, 4.69) is 16.9 Å². The number of azide groups is 1. The molecule has 1 atom stereocenters. The molecule has 1 fully saturated rings. The van der Waals surface area contributed by atoms with Gasteiger partial charge in [0.25, 0.3) is 0 Å². The first-order chi connectivity index (χ1) is 11.2. The molecule has 0 aliphatic carbocycles. The maximum Gasteiger partial charge on any atom is 0.233 e. The zero-order chi connectivity index (χ0) is 16.7. The van der Waals surface area contributed by atoms with Crippen molar-refractivity contribution in [3.05, 3.63) is 40.3 Å². The van der Waals surface area contributed by atoms with Gasteiger partial charge in [-0.15, -0.1) is 0 Å². The lowest BCUT2D eigenvalue weighted by Crippen LogP contribution is -2.46. The molecule has 0 aromatic heterocycles. The Hall–Kier alpha value is -2.20. The number of nitrogens with zero attached hydrogens (tertiary/aromatic N) is 4. The Morgan fingerprint density at radius 1 is 1.43 bits per heavy atom. The minimum atomic E-state index is -0.513. The lowest BCUT2D eigenvalue weighted by atomic mass is 9.73. The Morgan fingerprint density at radius 3 is 2.96 bits per heavy atom. The molecule has 1 aromatic carbocycles. The first kappa shape index (κ1) is 17.2. The molecule has 1 heterocycles. The summed E-state index contributed by atoms with van der Waals surface area (Å²) in [7, 11) is 1.64. The number of likely N-dealkylation sites (tertiary alicyclic amines) is 1. The fourth-order valence-electron chi connectivity index (χ4n) is 3.38. The molecule has 0 radical (unpaired) electrons. The summed E-state index contributed by atoms with van der Waals surface area (Å²) in [5.74, 6) is 0.909. The van der Waals surface area contributed by atoms with Crippen LogP contribution in [0.15, 0.2) is 29.4 Å². The van der Waals surface area contributed by atoms with E-state index in [4.69, 9.17) is 10.3 Å². The maximum absolute atomic E-state index is 13.2. The van der Waals surface area contributed by atoms with E-state index in [0.29, 0.717) is 13.1 Å². The summed E-state index contributed by atoms with van der Waals surface area (Å²) in [6.07, 6.45) is 3.58. The Labute approximate surface area is 137 Å². The van der Waals surface area contributed by atoms with Crippen molar-refractivity contribution < 1.29 is 9.53 Å². The number of carbonyl (C=O) groups is 1. The molecule has 1 aliphatic rings. The van der Waals surface area contributed by atoms with E-state index in [0.717, 1.165) is 43.5 Å². The van der Waals surface area contributed by atoms with Crippen molar-refractivity contribution in [1.29, 1.82) is 0 Å². The van der Waals surface area contributed by atoms with Gasteiger partial charge in [-0.3, -0.25) is 4.79 Å². The van der Waals surface area contributed by atoms with Gasteiger partial charge >= 0.3 is 0 Å². The van der Waals surface area contributed by atoms with Gasteiger partial charge < -0.3 is 9.64 Å². The first-order valence-electron chi connectivity index (χ1n) is 8.12. The van der Waals surface area contributed by atoms with Crippen molar-refractivity contribution in [2.45, 2.75) is 38.0 Å². The number of amides is 1. The molecule has 0 spiro atoms. The third-order valence-corrected chi connectivity index (χ3v) is 4.74. The molecule has 1 aliphatic heterocycles. The van der Waals surface area contributed by atoms with Gasteiger partial charge in [-0.2, -0.15) is 0 Å². The average Bonchev–Trinajstić information content (AvgIpc) is 2.75. The number of hydrogen-bond donors (Lipinski definition) is 0. The minimum Gasteiger partial charge on any atom is -0.497 e. The molecule has 23 heavy (non-hydrogen) atoms. The largest absolute Gasteiger partial charge is 0.497 e. The van der Waals surface area contributed by atoms with E-state index in [1.165, 1.54) is 0 Å². The van der Waals surface area contributed by atoms with E-state index in [1.807, 2.05) is 29.2 Å². The van der Waals surface area contributed by atoms with Gasteiger partial charge in [-0.05, 0) is 42.5 Å². The normalized spacial score (nSPS) is 21.5. The van der Waals surface area contributed by atoms with E-state index >= 15 is 0 Å². The van der Waals surface area contributed by atoms with Crippen LogP contribution in [0.25, 0.3) is 10.4 Å². The molecule has 1 amide bonds. The second-order valence-electron chi connectivity index (χ2n) is 5.87.